The van der Waals surface area contributed by atoms with Crippen molar-refractivity contribution in [1.82, 2.24) is 4.98 Å². The predicted octanol–water partition coefficient (Wildman–Crippen LogP) is 4.37. The first-order valence-corrected chi connectivity index (χ1v) is 8.01. The fourth-order valence-corrected chi connectivity index (χ4v) is 2.85. The highest BCUT2D eigenvalue weighted by atomic mass is 32.1. The molecule has 1 amide bonds. The van der Waals surface area contributed by atoms with Crippen molar-refractivity contribution in [3.05, 3.63) is 47.2 Å². The monoisotopic (exact) mass is 314 g/mol. The SMILES string of the molecule is CC(C)(C)c1ccc2occ(CC(=O)Nc3nccs3)c2c1. The molecule has 114 valence electrons. The average Bonchev–Trinajstić information content (AvgIpc) is 3.07. The molecule has 0 aliphatic rings. The summed E-state index contributed by atoms with van der Waals surface area (Å²) in [5, 5.41) is 6.25. The van der Waals surface area contributed by atoms with Crippen LogP contribution in [0.1, 0.15) is 31.9 Å². The second kappa shape index (κ2) is 5.57. The molecule has 2 heterocycles. The van der Waals surface area contributed by atoms with E-state index in [1.54, 1.807) is 12.5 Å². The Bertz CT molecular complexity index is 798. The number of amides is 1. The van der Waals surface area contributed by atoms with Gasteiger partial charge in [-0.2, -0.15) is 0 Å². The number of carbonyl (C=O) groups is 1. The fourth-order valence-electron chi connectivity index (χ4n) is 2.31. The maximum atomic E-state index is 12.1. The molecule has 0 aliphatic heterocycles. The number of thiazole rings is 1. The summed E-state index contributed by atoms with van der Waals surface area (Å²) in [6, 6.07) is 6.16. The van der Waals surface area contributed by atoms with Gasteiger partial charge in [0.2, 0.25) is 5.91 Å². The van der Waals surface area contributed by atoms with E-state index in [1.165, 1.54) is 16.9 Å². The Labute approximate surface area is 133 Å². The van der Waals surface area contributed by atoms with Crippen LogP contribution in [0.4, 0.5) is 5.13 Å². The molecule has 1 N–H and O–H groups in total. The highest BCUT2D eigenvalue weighted by Crippen LogP contribution is 2.29. The Morgan fingerprint density at radius 3 is 2.86 bits per heavy atom. The first-order chi connectivity index (χ1) is 10.4. The number of benzene rings is 1. The van der Waals surface area contributed by atoms with Crippen molar-refractivity contribution in [1.29, 1.82) is 0 Å². The summed E-state index contributed by atoms with van der Waals surface area (Å²) < 4.78 is 5.56. The Morgan fingerprint density at radius 1 is 1.36 bits per heavy atom. The van der Waals surface area contributed by atoms with Crippen molar-refractivity contribution >= 4 is 33.3 Å². The third-order valence-electron chi connectivity index (χ3n) is 3.55. The molecular weight excluding hydrogens is 296 g/mol. The number of fused-ring (bicyclic) bond motifs is 1. The molecule has 4 nitrogen and oxygen atoms in total. The van der Waals surface area contributed by atoms with Gasteiger partial charge in [-0.15, -0.1) is 11.3 Å². The van der Waals surface area contributed by atoms with Gasteiger partial charge in [0.25, 0.3) is 0 Å². The molecule has 0 spiro atoms. The Morgan fingerprint density at radius 2 is 2.18 bits per heavy atom. The number of aromatic nitrogens is 1. The molecule has 0 bridgehead atoms. The van der Waals surface area contributed by atoms with E-state index in [4.69, 9.17) is 4.42 Å². The summed E-state index contributed by atoms with van der Waals surface area (Å²) in [6.45, 7) is 6.51. The summed E-state index contributed by atoms with van der Waals surface area (Å²) >= 11 is 1.41. The number of furan rings is 1. The molecule has 0 fully saturated rings. The van der Waals surface area contributed by atoms with Gasteiger partial charge in [-0.1, -0.05) is 26.8 Å². The molecule has 0 radical (unpaired) electrons. The Hall–Kier alpha value is -2.14. The van der Waals surface area contributed by atoms with Crippen molar-refractivity contribution < 1.29 is 9.21 Å². The second-order valence-electron chi connectivity index (χ2n) is 6.28. The number of nitrogens with one attached hydrogen (secondary N) is 1. The van der Waals surface area contributed by atoms with Gasteiger partial charge >= 0.3 is 0 Å². The molecule has 0 saturated heterocycles. The molecule has 3 rings (SSSR count). The molecule has 5 heteroatoms. The first-order valence-electron chi connectivity index (χ1n) is 7.13. The van der Waals surface area contributed by atoms with E-state index in [2.05, 4.69) is 43.2 Å². The van der Waals surface area contributed by atoms with E-state index in [1.807, 2.05) is 11.4 Å². The third kappa shape index (κ3) is 3.04. The molecule has 0 aliphatic carbocycles. The topological polar surface area (TPSA) is 55.1 Å². The van der Waals surface area contributed by atoms with Gasteiger partial charge in [0, 0.05) is 22.5 Å². The van der Waals surface area contributed by atoms with Gasteiger partial charge in [-0.25, -0.2) is 4.98 Å². The van der Waals surface area contributed by atoms with E-state index in [0.29, 0.717) is 5.13 Å². The van der Waals surface area contributed by atoms with Crippen molar-refractivity contribution in [3.8, 4) is 0 Å². The van der Waals surface area contributed by atoms with Crippen molar-refractivity contribution in [2.75, 3.05) is 5.32 Å². The summed E-state index contributed by atoms with van der Waals surface area (Å²) in [5.41, 5.74) is 2.99. The maximum Gasteiger partial charge on any atom is 0.230 e. The van der Waals surface area contributed by atoms with Gasteiger partial charge in [0.1, 0.15) is 5.58 Å². The second-order valence-corrected chi connectivity index (χ2v) is 7.18. The minimum absolute atomic E-state index is 0.0614. The molecule has 3 aromatic rings. The minimum atomic E-state index is -0.0844. The molecular formula is C17H18N2O2S. The quantitative estimate of drug-likeness (QED) is 0.781. The predicted molar refractivity (Wildman–Crippen MR) is 89.4 cm³/mol. The van der Waals surface area contributed by atoms with E-state index in [9.17, 15) is 4.79 Å². The van der Waals surface area contributed by atoms with E-state index >= 15 is 0 Å². The zero-order chi connectivity index (χ0) is 15.7. The third-order valence-corrected chi connectivity index (χ3v) is 4.24. The van der Waals surface area contributed by atoms with E-state index in [-0.39, 0.29) is 17.7 Å². The average molecular weight is 314 g/mol. The molecule has 1 aromatic carbocycles. The largest absolute Gasteiger partial charge is 0.464 e. The van der Waals surface area contributed by atoms with Crippen LogP contribution in [0.5, 0.6) is 0 Å². The van der Waals surface area contributed by atoms with Crippen LogP contribution in [0.15, 0.2) is 40.5 Å². The maximum absolute atomic E-state index is 12.1. The van der Waals surface area contributed by atoms with Crippen LogP contribution < -0.4 is 5.32 Å². The van der Waals surface area contributed by atoms with Crippen LogP contribution in [-0.4, -0.2) is 10.9 Å². The van der Waals surface area contributed by atoms with Gasteiger partial charge < -0.3 is 9.73 Å². The zero-order valence-electron chi connectivity index (χ0n) is 12.8. The molecule has 2 aromatic heterocycles. The Balaban J connectivity index is 1.86. The molecule has 0 atom stereocenters. The molecule has 0 saturated carbocycles. The lowest BCUT2D eigenvalue weighted by Gasteiger charge is -2.18. The van der Waals surface area contributed by atoms with Crippen molar-refractivity contribution in [2.24, 2.45) is 0 Å². The number of hydrogen-bond donors (Lipinski definition) is 1. The number of hydrogen-bond acceptors (Lipinski definition) is 4. The van der Waals surface area contributed by atoms with Gasteiger partial charge in [0.05, 0.1) is 12.7 Å². The highest BCUT2D eigenvalue weighted by Gasteiger charge is 2.17. The molecule has 0 unspecified atom stereocenters. The summed E-state index contributed by atoms with van der Waals surface area (Å²) in [4.78, 5) is 16.2. The summed E-state index contributed by atoms with van der Waals surface area (Å²) in [5.74, 6) is -0.0844. The smallest absolute Gasteiger partial charge is 0.230 e. The number of carbonyl (C=O) groups excluding carboxylic acids is 1. The van der Waals surface area contributed by atoms with Crippen LogP contribution in [0.3, 0.4) is 0 Å². The van der Waals surface area contributed by atoms with E-state index in [0.717, 1.165) is 16.5 Å². The number of nitrogens with zero attached hydrogens (tertiary/aromatic N) is 1. The summed E-state index contributed by atoms with van der Waals surface area (Å²) in [7, 11) is 0. The van der Waals surface area contributed by atoms with Crippen molar-refractivity contribution in [2.45, 2.75) is 32.6 Å². The Kier molecular flexibility index (Phi) is 3.74. The van der Waals surface area contributed by atoms with Crippen LogP contribution in [0, 0.1) is 0 Å². The van der Waals surface area contributed by atoms with E-state index < -0.39 is 0 Å². The lowest BCUT2D eigenvalue weighted by atomic mass is 9.86. The zero-order valence-corrected chi connectivity index (χ0v) is 13.7. The highest BCUT2D eigenvalue weighted by molar-refractivity contribution is 7.13. The summed E-state index contributed by atoms with van der Waals surface area (Å²) in [6.07, 6.45) is 3.61. The lowest BCUT2D eigenvalue weighted by molar-refractivity contribution is -0.115. The van der Waals surface area contributed by atoms with Gasteiger partial charge in [-0.05, 0) is 23.1 Å². The standard InChI is InChI=1S/C17H18N2O2S/c1-17(2,3)12-4-5-14-13(9-12)11(10-21-14)8-15(20)19-16-18-6-7-22-16/h4-7,9-10H,8H2,1-3H3,(H,18,19,20). The van der Waals surface area contributed by atoms with Crippen LogP contribution in [0.25, 0.3) is 11.0 Å². The number of anilines is 1. The van der Waals surface area contributed by atoms with Crippen LogP contribution >= 0.6 is 11.3 Å². The van der Waals surface area contributed by atoms with Crippen LogP contribution in [0.2, 0.25) is 0 Å². The van der Waals surface area contributed by atoms with Crippen LogP contribution in [-0.2, 0) is 16.6 Å². The van der Waals surface area contributed by atoms with Crippen molar-refractivity contribution in [3.63, 3.8) is 0 Å². The van der Waals surface area contributed by atoms with Gasteiger partial charge in [0.15, 0.2) is 5.13 Å². The van der Waals surface area contributed by atoms with Gasteiger partial charge in [-0.3, -0.25) is 4.79 Å². The number of rotatable bonds is 3. The minimum Gasteiger partial charge on any atom is -0.464 e. The molecule has 22 heavy (non-hydrogen) atoms. The fraction of sp³-hybridized carbons (Fsp3) is 0.294. The first kappa shape index (κ1) is 14.8. The lowest BCUT2D eigenvalue weighted by Crippen LogP contribution is -2.14. The normalized spacial score (nSPS) is 11.8.